The smallest absolute Gasteiger partial charge is 0.166 e. The molecule has 5 nitrogen and oxygen atoms in total. The van der Waals surface area contributed by atoms with Crippen LogP contribution in [0.2, 0.25) is 0 Å². The summed E-state index contributed by atoms with van der Waals surface area (Å²) in [6, 6.07) is 0. The maximum Gasteiger partial charge on any atom is 0.166 e. The van der Waals surface area contributed by atoms with Gasteiger partial charge >= 0.3 is 0 Å². The molecule has 1 N–H and O–H groups in total. The van der Waals surface area contributed by atoms with E-state index in [0.29, 0.717) is 13.2 Å². The molecule has 0 aliphatic carbocycles. The molecule has 90 valence electrons. The Balaban J connectivity index is 1.67. The van der Waals surface area contributed by atoms with Gasteiger partial charge in [-0.25, -0.2) is 4.98 Å². The number of aromatic nitrogens is 2. The second-order valence-electron chi connectivity index (χ2n) is 4.21. The lowest BCUT2D eigenvalue weighted by atomic mass is 10.2. The van der Waals surface area contributed by atoms with Crippen LogP contribution in [0.4, 0.5) is 0 Å². The number of rotatable bonds is 5. The number of hydrogen-bond donors (Lipinski definition) is 1. The molecule has 2 rings (SSSR count). The summed E-state index contributed by atoms with van der Waals surface area (Å²) in [6.07, 6.45) is 4.61. The largest absolute Gasteiger partial charge is 0.348 e. The van der Waals surface area contributed by atoms with Crippen molar-refractivity contribution in [1.29, 1.82) is 0 Å². The summed E-state index contributed by atoms with van der Waals surface area (Å²) in [5.41, 5.74) is 0. The highest BCUT2D eigenvalue weighted by Crippen LogP contribution is 2.21. The van der Waals surface area contributed by atoms with Gasteiger partial charge in [-0.1, -0.05) is 0 Å². The summed E-state index contributed by atoms with van der Waals surface area (Å²) in [6.45, 7) is 5.04. The highest BCUT2D eigenvalue weighted by molar-refractivity contribution is 4.90. The van der Waals surface area contributed by atoms with Gasteiger partial charge in [0.25, 0.3) is 0 Å². The topological polar surface area (TPSA) is 48.3 Å². The minimum absolute atomic E-state index is 0.394. The summed E-state index contributed by atoms with van der Waals surface area (Å²) in [4.78, 5) is 4.24. The Morgan fingerprint density at radius 2 is 2.25 bits per heavy atom. The molecule has 0 aromatic carbocycles. The molecule has 16 heavy (non-hydrogen) atoms. The number of aryl methyl sites for hydroxylation is 1. The molecule has 0 bridgehead atoms. The van der Waals surface area contributed by atoms with E-state index in [4.69, 9.17) is 9.47 Å². The van der Waals surface area contributed by atoms with E-state index < -0.39 is 5.79 Å². The van der Waals surface area contributed by atoms with Crippen LogP contribution in [0.3, 0.4) is 0 Å². The quantitative estimate of drug-likeness (QED) is 0.748. The Bertz CT molecular complexity index is 332. The fourth-order valence-electron chi connectivity index (χ4n) is 1.78. The van der Waals surface area contributed by atoms with Crippen molar-refractivity contribution >= 4 is 0 Å². The van der Waals surface area contributed by atoms with Crippen molar-refractivity contribution in [3.63, 3.8) is 0 Å². The van der Waals surface area contributed by atoms with Crippen LogP contribution in [-0.4, -0.2) is 35.1 Å². The first-order valence-electron chi connectivity index (χ1n) is 5.64. The SMILES string of the molecule is Cn1ccnc1CNCCC1(C)OCCO1. The van der Waals surface area contributed by atoms with E-state index in [9.17, 15) is 0 Å². The number of hydrogen-bond acceptors (Lipinski definition) is 4. The van der Waals surface area contributed by atoms with Crippen LogP contribution in [0.15, 0.2) is 12.4 Å². The van der Waals surface area contributed by atoms with Crippen LogP contribution in [0, 0.1) is 0 Å². The predicted octanol–water partition coefficient (Wildman–Crippen LogP) is 0.663. The fourth-order valence-corrected chi connectivity index (χ4v) is 1.78. The van der Waals surface area contributed by atoms with Gasteiger partial charge in [0, 0.05) is 32.4 Å². The lowest BCUT2D eigenvalue weighted by Gasteiger charge is -2.22. The van der Waals surface area contributed by atoms with Crippen LogP contribution in [-0.2, 0) is 23.1 Å². The van der Waals surface area contributed by atoms with E-state index in [1.807, 2.05) is 30.9 Å². The molecular formula is C11H19N3O2. The van der Waals surface area contributed by atoms with Crippen molar-refractivity contribution < 1.29 is 9.47 Å². The zero-order chi connectivity index (χ0) is 11.4. The zero-order valence-corrected chi connectivity index (χ0v) is 9.90. The maximum atomic E-state index is 5.52. The summed E-state index contributed by atoms with van der Waals surface area (Å²) in [5.74, 6) is 0.646. The molecular weight excluding hydrogens is 206 g/mol. The van der Waals surface area contributed by atoms with Crippen LogP contribution in [0.25, 0.3) is 0 Å². The van der Waals surface area contributed by atoms with Gasteiger partial charge in [0.05, 0.1) is 19.8 Å². The molecule has 1 fully saturated rings. The minimum Gasteiger partial charge on any atom is -0.348 e. The molecule has 1 aliphatic heterocycles. The molecule has 1 aliphatic rings. The van der Waals surface area contributed by atoms with Crippen molar-refractivity contribution in [3.8, 4) is 0 Å². The first-order valence-corrected chi connectivity index (χ1v) is 5.64. The lowest BCUT2D eigenvalue weighted by molar-refractivity contribution is -0.145. The van der Waals surface area contributed by atoms with Gasteiger partial charge in [-0.2, -0.15) is 0 Å². The van der Waals surface area contributed by atoms with Crippen molar-refractivity contribution in [1.82, 2.24) is 14.9 Å². The van der Waals surface area contributed by atoms with Crippen molar-refractivity contribution in [2.45, 2.75) is 25.7 Å². The zero-order valence-electron chi connectivity index (χ0n) is 9.90. The summed E-state index contributed by atoms with van der Waals surface area (Å²) in [5, 5.41) is 3.34. The Morgan fingerprint density at radius 1 is 1.50 bits per heavy atom. The van der Waals surface area contributed by atoms with Gasteiger partial charge in [-0.05, 0) is 6.92 Å². The highest BCUT2D eigenvalue weighted by Gasteiger charge is 2.29. The van der Waals surface area contributed by atoms with Gasteiger partial charge in [0.1, 0.15) is 5.82 Å². The number of nitrogens with zero attached hydrogens (tertiary/aromatic N) is 2. The van der Waals surface area contributed by atoms with Crippen molar-refractivity contribution in [2.24, 2.45) is 7.05 Å². The summed E-state index contributed by atoms with van der Waals surface area (Å²) < 4.78 is 13.0. The monoisotopic (exact) mass is 225 g/mol. The molecule has 0 radical (unpaired) electrons. The third-order valence-corrected chi connectivity index (χ3v) is 2.86. The number of imidazole rings is 1. The van der Waals surface area contributed by atoms with Gasteiger partial charge in [0.2, 0.25) is 0 Å². The normalized spacial score (nSPS) is 19.1. The van der Waals surface area contributed by atoms with E-state index in [-0.39, 0.29) is 0 Å². The Kier molecular flexibility index (Phi) is 3.58. The van der Waals surface area contributed by atoms with Crippen molar-refractivity contribution in [3.05, 3.63) is 18.2 Å². The lowest BCUT2D eigenvalue weighted by Crippen LogP contribution is -2.31. The van der Waals surface area contributed by atoms with Crippen molar-refractivity contribution in [2.75, 3.05) is 19.8 Å². The molecule has 2 heterocycles. The van der Waals surface area contributed by atoms with Crippen LogP contribution >= 0.6 is 0 Å². The molecule has 5 heteroatoms. The Hall–Kier alpha value is -0.910. The van der Waals surface area contributed by atoms with Gasteiger partial charge in [-0.3, -0.25) is 0 Å². The van der Waals surface area contributed by atoms with E-state index in [0.717, 1.165) is 25.3 Å². The molecule has 0 unspecified atom stereocenters. The maximum absolute atomic E-state index is 5.52. The first-order chi connectivity index (χ1) is 7.70. The van der Waals surface area contributed by atoms with Gasteiger partial charge in [-0.15, -0.1) is 0 Å². The van der Waals surface area contributed by atoms with E-state index in [1.165, 1.54) is 0 Å². The number of nitrogens with one attached hydrogen (secondary N) is 1. The molecule has 1 saturated heterocycles. The third kappa shape index (κ3) is 2.81. The standard InChI is InChI=1S/C11H19N3O2/c1-11(15-7-8-16-11)3-4-12-9-10-13-5-6-14(10)2/h5-6,12H,3-4,7-9H2,1-2H3. The average Bonchev–Trinajstić information content (AvgIpc) is 2.84. The summed E-state index contributed by atoms with van der Waals surface area (Å²) >= 11 is 0. The van der Waals surface area contributed by atoms with Crippen LogP contribution < -0.4 is 5.32 Å². The molecule has 0 spiro atoms. The minimum atomic E-state index is -0.394. The number of ether oxygens (including phenoxy) is 2. The van der Waals surface area contributed by atoms with E-state index in [2.05, 4.69) is 10.3 Å². The van der Waals surface area contributed by atoms with E-state index in [1.54, 1.807) is 0 Å². The second kappa shape index (κ2) is 4.95. The van der Waals surface area contributed by atoms with E-state index >= 15 is 0 Å². The third-order valence-electron chi connectivity index (χ3n) is 2.86. The fraction of sp³-hybridized carbons (Fsp3) is 0.727. The Labute approximate surface area is 95.8 Å². The van der Waals surface area contributed by atoms with Gasteiger partial charge in [0.15, 0.2) is 5.79 Å². The molecule has 0 amide bonds. The Morgan fingerprint density at radius 3 is 2.88 bits per heavy atom. The van der Waals surface area contributed by atoms with Gasteiger partial charge < -0.3 is 19.4 Å². The molecule has 1 aromatic rings. The second-order valence-corrected chi connectivity index (χ2v) is 4.21. The molecule has 0 atom stereocenters. The molecule has 0 saturated carbocycles. The highest BCUT2D eigenvalue weighted by atomic mass is 16.7. The summed E-state index contributed by atoms with van der Waals surface area (Å²) in [7, 11) is 1.99. The molecule has 1 aromatic heterocycles. The first kappa shape index (κ1) is 11.6. The predicted molar refractivity (Wildman–Crippen MR) is 59.8 cm³/mol. The van der Waals surface area contributed by atoms with Crippen LogP contribution in [0.1, 0.15) is 19.2 Å². The average molecular weight is 225 g/mol. The van der Waals surface area contributed by atoms with Crippen LogP contribution in [0.5, 0.6) is 0 Å².